The fraction of sp³-hybridized carbons (Fsp3) is 0.200. The molecule has 6 nitrogen and oxygen atoms in total. The summed E-state index contributed by atoms with van der Waals surface area (Å²) in [4.78, 5) is 27.1. The minimum Gasteiger partial charge on any atom is -0.493 e. The first-order valence-electron chi connectivity index (χ1n) is 9.86. The van der Waals surface area contributed by atoms with Gasteiger partial charge < -0.3 is 19.7 Å². The van der Waals surface area contributed by atoms with Gasteiger partial charge >= 0.3 is 0 Å². The zero-order chi connectivity index (χ0) is 22.4. The van der Waals surface area contributed by atoms with E-state index in [1.165, 1.54) is 0 Å². The molecule has 0 heterocycles. The lowest BCUT2D eigenvalue weighted by molar-refractivity contribution is 0.0784. The second-order valence-electron chi connectivity index (χ2n) is 7.20. The predicted molar refractivity (Wildman–Crippen MR) is 121 cm³/mol. The summed E-state index contributed by atoms with van der Waals surface area (Å²) in [6.07, 6.45) is 0. The van der Waals surface area contributed by atoms with Crippen molar-refractivity contribution in [2.75, 3.05) is 26.6 Å². The quantitative estimate of drug-likeness (QED) is 0.612. The van der Waals surface area contributed by atoms with Gasteiger partial charge in [-0.05, 0) is 54.4 Å². The summed E-state index contributed by atoms with van der Waals surface area (Å²) in [5, 5.41) is 2.90. The van der Waals surface area contributed by atoms with Gasteiger partial charge in [0, 0.05) is 30.4 Å². The molecule has 0 aromatic heterocycles. The smallest absolute Gasteiger partial charge is 0.255 e. The molecule has 0 spiro atoms. The van der Waals surface area contributed by atoms with Crippen LogP contribution in [-0.4, -0.2) is 38.0 Å². The fourth-order valence-electron chi connectivity index (χ4n) is 3.22. The number of amides is 2. The number of benzene rings is 3. The van der Waals surface area contributed by atoms with Gasteiger partial charge in [-0.25, -0.2) is 0 Å². The van der Waals surface area contributed by atoms with Crippen LogP contribution < -0.4 is 14.8 Å². The van der Waals surface area contributed by atoms with Gasteiger partial charge in [0.05, 0.1) is 14.2 Å². The van der Waals surface area contributed by atoms with Crippen LogP contribution in [0, 0.1) is 6.92 Å². The Morgan fingerprint density at radius 1 is 0.871 bits per heavy atom. The van der Waals surface area contributed by atoms with Crippen LogP contribution in [0.4, 0.5) is 5.69 Å². The molecule has 1 N–H and O–H groups in total. The molecule has 0 atom stereocenters. The Bertz CT molecular complexity index is 1080. The van der Waals surface area contributed by atoms with E-state index < -0.39 is 0 Å². The summed E-state index contributed by atoms with van der Waals surface area (Å²) in [6.45, 7) is 2.29. The van der Waals surface area contributed by atoms with E-state index in [9.17, 15) is 9.59 Å². The van der Waals surface area contributed by atoms with Gasteiger partial charge in [0.1, 0.15) is 0 Å². The lowest BCUT2D eigenvalue weighted by atomic mass is 10.1. The van der Waals surface area contributed by atoms with Gasteiger partial charge in [-0.15, -0.1) is 0 Å². The second kappa shape index (κ2) is 9.80. The van der Waals surface area contributed by atoms with Crippen LogP contribution in [-0.2, 0) is 6.54 Å². The zero-order valence-electron chi connectivity index (χ0n) is 18.1. The van der Waals surface area contributed by atoms with Crippen molar-refractivity contribution in [1.29, 1.82) is 0 Å². The van der Waals surface area contributed by atoms with E-state index in [2.05, 4.69) is 5.32 Å². The molecule has 0 saturated heterocycles. The summed E-state index contributed by atoms with van der Waals surface area (Å²) in [7, 11) is 4.90. The van der Waals surface area contributed by atoms with E-state index in [1.54, 1.807) is 50.4 Å². The van der Waals surface area contributed by atoms with Crippen molar-refractivity contribution in [2.24, 2.45) is 0 Å². The molecule has 160 valence electrons. The van der Waals surface area contributed by atoms with E-state index in [1.807, 2.05) is 49.4 Å². The third-order valence-corrected chi connectivity index (χ3v) is 4.98. The van der Waals surface area contributed by atoms with Crippen molar-refractivity contribution in [3.05, 3.63) is 89.0 Å². The van der Waals surface area contributed by atoms with E-state index in [-0.39, 0.29) is 11.8 Å². The topological polar surface area (TPSA) is 67.9 Å². The summed E-state index contributed by atoms with van der Waals surface area (Å²) < 4.78 is 10.6. The van der Waals surface area contributed by atoms with Crippen molar-refractivity contribution < 1.29 is 19.1 Å². The highest BCUT2D eigenvalue weighted by atomic mass is 16.5. The number of carbonyl (C=O) groups is 2. The molecule has 0 bridgehead atoms. The monoisotopic (exact) mass is 418 g/mol. The van der Waals surface area contributed by atoms with Crippen LogP contribution in [0.3, 0.4) is 0 Å². The third kappa shape index (κ3) is 5.22. The highest BCUT2D eigenvalue weighted by Crippen LogP contribution is 2.28. The first kappa shape index (κ1) is 21.9. The minimum atomic E-state index is -0.216. The van der Waals surface area contributed by atoms with Crippen molar-refractivity contribution in [2.45, 2.75) is 13.5 Å². The Morgan fingerprint density at radius 3 is 2.26 bits per heavy atom. The maximum atomic E-state index is 13.0. The van der Waals surface area contributed by atoms with Crippen LogP contribution >= 0.6 is 0 Å². The molecule has 0 radical (unpaired) electrons. The number of nitrogens with zero attached hydrogens (tertiary/aromatic N) is 1. The third-order valence-electron chi connectivity index (χ3n) is 4.98. The molecule has 2 amide bonds. The number of rotatable bonds is 7. The van der Waals surface area contributed by atoms with Crippen LogP contribution in [0.1, 0.15) is 31.8 Å². The number of ether oxygens (including phenoxy) is 2. The molecule has 0 aliphatic heterocycles. The zero-order valence-corrected chi connectivity index (χ0v) is 18.1. The van der Waals surface area contributed by atoms with Gasteiger partial charge in [0.25, 0.3) is 11.8 Å². The number of aryl methyl sites for hydroxylation is 1. The van der Waals surface area contributed by atoms with Crippen LogP contribution in [0.15, 0.2) is 66.7 Å². The van der Waals surface area contributed by atoms with Gasteiger partial charge in [-0.2, -0.15) is 0 Å². The van der Waals surface area contributed by atoms with Gasteiger partial charge in [0.15, 0.2) is 11.5 Å². The molecule has 0 saturated carbocycles. The first-order chi connectivity index (χ1) is 14.9. The summed E-state index contributed by atoms with van der Waals surface area (Å²) in [5.74, 6) is 0.886. The number of anilines is 1. The van der Waals surface area contributed by atoms with Crippen LogP contribution in [0.2, 0.25) is 0 Å². The summed E-state index contributed by atoms with van der Waals surface area (Å²) in [6, 6.07) is 19.8. The molecule has 0 fully saturated rings. The highest BCUT2D eigenvalue weighted by Gasteiger charge is 2.16. The lowest BCUT2D eigenvalue weighted by Gasteiger charge is -2.19. The Morgan fingerprint density at radius 2 is 1.58 bits per heavy atom. The second-order valence-corrected chi connectivity index (χ2v) is 7.20. The van der Waals surface area contributed by atoms with E-state index in [0.717, 1.165) is 11.1 Å². The number of nitrogens with one attached hydrogen (secondary N) is 1. The molecule has 6 heteroatoms. The molecule has 3 aromatic carbocycles. The van der Waals surface area contributed by atoms with Gasteiger partial charge in [-0.1, -0.05) is 30.3 Å². The first-order valence-corrected chi connectivity index (χ1v) is 9.86. The maximum Gasteiger partial charge on any atom is 0.255 e. The fourth-order valence-corrected chi connectivity index (χ4v) is 3.22. The molecule has 0 unspecified atom stereocenters. The van der Waals surface area contributed by atoms with Gasteiger partial charge in [-0.3, -0.25) is 9.59 Å². The molecule has 31 heavy (non-hydrogen) atoms. The largest absolute Gasteiger partial charge is 0.493 e. The number of hydrogen-bond acceptors (Lipinski definition) is 4. The molecule has 3 rings (SSSR count). The summed E-state index contributed by atoms with van der Waals surface area (Å²) in [5.41, 5.74) is 3.46. The van der Waals surface area contributed by atoms with Crippen LogP contribution in [0.5, 0.6) is 11.5 Å². The molecule has 0 aliphatic rings. The Labute approximate surface area is 182 Å². The predicted octanol–water partition coefficient (Wildman–Crippen LogP) is 4.54. The van der Waals surface area contributed by atoms with Crippen molar-refractivity contribution >= 4 is 17.5 Å². The van der Waals surface area contributed by atoms with E-state index in [0.29, 0.717) is 34.9 Å². The molecule has 3 aromatic rings. The number of carbonyl (C=O) groups excluding carboxylic acids is 2. The Hall–Kier alpha value is -3.80. The molecule has 0 aliphatic carbocycles. The number of hydrogen-bond donors (Lipinski definition) is 1. The van der Waals surface area contributed by atoms with Crippen LogP contribution in [0.25, 0.3) is 0 Å². The SMILES string of the molecule is COc1ccc(CN(C)C(=O)c2ccc(C)c(NC(=O)c3ccccc3)c2)cc1OC. The average molecular weight is 418 g/mol. The maximum absolute atomic E-state index is 13.0. The van der Waals surface area contributed by atoms with Gasteiger partial charge in [0.2, 0.25) is 0 Å². The average Bonchev–Trinajstić information content (AvgIpc) is 2.80. The standard InChI is InChI=1S/C25H26N2O4/c1-17-10-12-20(15-21(17)26-24(28)19-8-6-5-7-9-19)25(29)27(2)16-18-11-13-22(30-3)23(14-18)31-4/h5-15H,16H2,1-4H3,(H,26,28). The number of methoxy groups -OCH3 is 2. The Balaban J connectivity index is 1.75. The van der Waals surface area contributed by atoms with Crippen molar-refractivity contribution in [3.63, 3.8) is 0 Å². The van der Waals surface area contributed by atoms with Crippen molar-refractivity contribution in [1.82, 2.24) is 4.90 Å². The minimum absolute atomic E-state index is 0.148. The molecular formula is C25H26N2O4. The molecular weight excluding hydrogens is 392 g/mol. The Kier molecular flexibility index (Phi) is 6.92. The van der Waals surface area contributed by atoms with E-state index >= 15 is 0 Å². The lowest BCUT2D eigenvalue weighted by Crippen LogP contribution is -2.26. The summed E-state index contributed by atoms with van der Waals surface area (Å²) >= 11 is 0. The highest BCUT2D eigenvalue weighted by molar-refractivity contribution is 6.05. The van der Waals surface area contributed by atoms with E-state index in [4.69, 9.17) is 9.47 Å². The van der Waals surface area contributed by atoms with Crippen molar-refractivity contribution in [3.8, 4) is 11.5 Å². The normalized spacial score (nSPS) is 10.3.